The second kappa shape index (κ2) is 9.74. The Morgan fingerprint density at radius 2 is 1.37 bits per heavy atom. The molecule has 0 radical (unpaired) electrons. The predicted octanol–water partition coefficient (Wildman–Crippen LogP) is 4.75. The molecule has 0 aromatic heterocycles. The lowest BCUT2D eigenvalue weighted by Gasteiger charge is -2.22. The molecular weight excluding hydrogens is 376 g/mol. The molecule has 0 bridgehead atoms. The van der Waals surface area contributed by atoms with Gasteiger partial charge in [0.15, 0.2) is 0 Å². The summed E-state index contributed by atoms with van der Waals surface area (Å²) in [5.74, 6) is 1.24. The van der Waals surface area contributed by atoms with Gasteiger partial charge in [-0.15, -0.1) is 0 Å². The monoisotopic (exact) mass is 402 g/mol. The van der Waals surface area contributed by atoms with Gasteiger partial charge in [-0.2, -0.15) is 0 Å². The van der Waals surface area contributed by atoms with Crippen LogP contribution in [-0.4, -0.2) is 18.4 Å². The van der Waals surface area contributed by atoms with Crippen molar-refractivity contribution in [1.29, 1.82) is 0 Å². The molecule has 5 heteroatoms. The third-order valence-electron chi connectivity index (χ3n) is 5.01. The van der Waals surface area contributed by atoms with Crippen molar-refractivity contribution in [3.63, 3.8) is 0 Å². The van der Waals surface area contributed by atoms with Gasteiger partial charge in [0.05, 0.1) is 0 Å². The lowest BCUT2D eigenvalue weighted by molar-refractivity contribution is 0.0948. The minimum atomic E-state index is -0.483. The maximum Gasteiger partial charge on any atom is 0.251 e. The number of benzene rings is 3. The fourth-order valence-electron chi connectivity index (χ4n) is 3.24. The first kappa shape index (κ1) is 21.1. The number of nitrogens with two attached hydrogens (primary N) is 1. The van der Waals surface area contributed by atoms with Crippen LogP contribution in [0.5, 0.6) is 11.5 Å². The molecule has 3 rings (SSSR count). The lowest BCUT2D eigenvalue weighted by atomic mass is 9.88. The molecule has 154 valence electrons. The van der Waals surface area contributed by atoms with Crippen LogP contribution in [0.1, 0.15) is 46.0 Å². The summed E-state index contributed by atoms with van der Waals surface area (Å²) >= 11 is 0. The first-order valence-electron chi connectivity index (χ1n) is 9.95. The van der Waals surface area contributed by atoms with E-state index < -0.39 is 5.91 Å². The molecule has 0 fully saturated rings. The van der Waals surface area contributed by atoms with Crippen LogP contribution < -0.4 is 15.8 Å². The molecule has 30 heavy (non-hydrogen) atoms. The zero-order valence-corrected chi connectivity index (χ0v) is 17.2. The largest absolute Gasteiger partial charge is 0.457 e. The van der Waals surface area contributed by atoms with Crippen LogP contribution in [0.3, 0.4) is 0 Å². The molecule has 0 heterocycles. The molecule has 5 nitrogen and oxygen atoms in total. The summed E-state index contributed by atoms with van der Waals surface area (Å²) in [5.41, 5.74) is 7.45. The quantitative estimate of drug-likeness (QED) is 0.571. The number of nitrogens with one attached hydrogen (secondary N) is 1. The van der Waals surface area contributed by atoms with E-state index in [1.165, 1.54) is 5.56 Å². The van der Waals surface area contributed by atoms with Crippen LogP contribution >= 0.6 is 0 Å². The van der Waals surface area contributed by atoms with E-state index in [1.807, 2.05) is 18.2 Å². The second-order valence-corrected chi connectivity index (χ2v) is 7.49. The summed E-state index contributed by atoms with van der Waals surface area (Å²) < 4.78 is 5.75. The molecule has 0 aliphatic carbocycles. The minimum Gasteiger partial charge on any atom is -0.457 e. The first-order valence-corrected chi connectivity index (χ1v) is 9.95. The Balaban J connectivity index is 1.60. The van der Waals surface area contributed by atoms with Gasteiger partial charge in [-0.05, 0) is 60.0 Å². The van der Waals surface area contributed by atoms with Crippen LogP contribution in [0, 0.1) is 5.92 Å². The lowest BCUT2D eigenvalue weighted by Crippen LogP contribution is -2.30. The van der Waals surface area contributed by atoms with Gasteiger partial charge < -0.3 is 15.8 Å². The normalized spacial score (nSPS) is 11.7. The second-order valence-electron chi connectivity index (χ2n) is 7.49. The number of carbonyl (C=O) groups excluding carboxylic acids is 2. The van der Waals surface area contributed by atoms with Crippen LogP contribution in [-0.2, 0) is 0 Å². The van der Waals surface area contributed by atoms with Gasteiger partial charge in [-0.1, -0.05) is 44.2 Å². The number of primary amides is 1. The van der Waals surface area contributed by atoms with Crippen molar-refractivity contribution in [2.75, 3.05) is 6.54 Å². The molecule has 0 spiro atoms. The van der Waals surface area contributed by atoms with Crippen LogP contribution in [0.25, 0.3) is 0 Å². The van der Waals surface area contributed by atoms with Crippen molar-refractivity contribution in [3.05, 3.63) is 95.6 Å². The van der Waals surface area contributed by atoms with Crippen molar-refractivity contribution in [2.24, 2.45) is 11.7 Å². The van der Waals surface area contributed by atoms with E-state index in [2.05, 4.69) is 31.3 Å². The average Bonchev–Trinajstić information content (AvgIpc) is 2.75. The molecule has 0 saturated carbocycles. The van der Waals surface area contributed by atoms with Gasteiger partial charge in [0, 0.05) is 23.6 Å². The third kappa shape index (κ3) is 5.47. The van der Waals surface area contributed by atoms with Gasteiger partial charge in [0.2, 0.25) is 5.91 Å². The van der Waals surface area contributed by atoms with E-state index in [-0.39, 0.29) is 11.8 Å². The van der Waals surface area contributed by atoms with Gasteiger partial charge >= 0.3 is 0 Å². The Bertz CT molecular complexity index is 981. The van der Waals surface area contributed by atoms with E-state index >= 15 is 0 Å². The van der Waals surface area contributed by atoms with Crippen molar-refractivity contribution in [3.8, 4) is 11.5 Å². The molecule has 1 atom stereocenters. The van der Waals surface area contributed by atoms with Crippen molar-refractivity contribution >= 4 is 11.8 Å². The number of carbonyl (C=O) groups is 2. The maximum atomic E-state index is 12.6. The van der Waals surface area contributed by atoms with E-state index in [9.17, 15) is 9.59 Å². The van der Waals surface area contributed by atoms with Gasteiger partial charge in [-0.25, -0.2) is 0 Å². The SMILES string of the molecule is CC(C)C(CNC(=O)c1ccc(Oc2ccc(C(N)=O)cc2)cc1)c1ccccc1. The average molecular weight is 402 g/mol. The molecule has 2 amide bonds. The first-order chi connectivity index (χ1) is 14.4. The molecule has 0 aliphatic heterocycles. The van der Waals surface area contributed by atoms with Crippen molar-refractivity contribution in [2.45, 2.75) is 19.8 Å². The summed E-state index contributed by atoms with van der Waals surface area (Å²) in [6, 6.07) is 23.8. The van der Waals surface area contributed by atoms with E-state index in [1.54, 1.807) is 48.5 Å². The molecule has 3 aromatic rings. The molecule has 1 unspecified atom stereocenters. The highest BCUT2D eigenvalue weighted by molar-refractivity contribution is 5.94. The summed E-state index contributed by atoms with van der Waals surface area (Å²) in [6.45, 7) is 4.89. The maximum absolute atomic E-state index is 12.6. The topological polar surface area (TPSA) is 81.4 Å². The van der Waals surface area contributed by atoms with Crippen LogP contribution in [0.4, 0.5) is 0 Å². The third-order valence-corrected chi connectivity index (χ3v) is 5.01. The van der Waals surface area contributed by atoms with Crippen molar-refractivity contribution < 1.29 is 14.3 Å². The Hall–Kier alpha value is -3.60. The fraction of sp³-hybridized carbons (Fsp3) is 0.200. The summed E-state index contributed by atoms with van der Waals surface area (Å²) in [7, 11) is 0. The number of ether oxygens (including phenoxy) is 1. The Morgan fingerprint density at radius 3 is 1.87 bits per heavy atom. The molecular formula is C25H26N2O3. The van der Waals surface area contributed by atoms with Gasteiger partial charge in [0.1, 0.15) is 11.5 Å². The smallest absolute Gasteiger partial charge is 0.251 e. The Labute approximate surface area is 176 Å². The molecule has 0 aliphatic rings. The highest BCUT2D eigenvalue weighted by Gasteiger charge is 2.17. The van der Waals surface area contributed by atoms with Crippen LogP contribution in [0.15, 0.2) is 78.9 Å². The standard InChI is InChI=1S/C25H26N2O3/c1-17(2)23(18-6-4-3-5-7-18)16-27-25(29)20-10-14-22(15-11-20)30-21-12-8-19(9-13-21)24(26)28/h3-15,17,23H,16H2,1-2H3,(H2,26,28)(H,27,29). The highest BCUT2D eigenvalue weighted by atomic mass is 16.5. The number of hydrogen-bond donors (Lipinski definition) is 2. The van der Waals surface area contributed by atoms with E-state index in [0.717, 1.165) is 0 Å². The number of amides is 2. The van der Waals surface area contributed by atoms with E-state index in [4.69, 9.17) is 10.5 Å². The molecule has 0 saturated heterocycles. The summed E-state index contributed by atoms with van der Waals surface area (Å²) in [4.78, 5) is 23.7. The predicted molar refractivity (Wildman–Crippen MR) is 118 cm³/mol. The van der Waals surface area contributed by atoms with Gasteiger partial charge in [-0.3, -0.25) is 9.59 Å². The zero-order chi connectivity index (χ0) is 21.5. The molecule has 3 aromatic carbocycles. The summed E-state index contributed by atoms with van der Waals surface area (Å²) in [6.07, 6.45) is 0. The van der Waals surface area contributed by atoms with Gasteiger partial charge in [0.25, 0.3) is 5.91 Å². The Kier molecular flexibility index (Phi) is 6.86. The van der Waals surface area contributed by atoms with Crippen molar-refractivity contribution in [1.82, 2.24) is 5.32 Å². The minimum absolute atomic E-state index is 0.117. The zero-order valence-electron chi connectivity index (χ0n) is 17.2. The number of rotatable bonds is 8. The summed E-state index contributed by atoms with van der Waals surface area (Å²) in [5, 5.41) is 3.04. The highest BCUT2D eigenvalue weighted by Crippen LogP contribution is 2.24. The number of hydrogen-bond acceptors (Lipinski definition) is 3. The fourth-order valence-corrected chi connectivity index (χ4v) is 3.24. The Morgan fingerprint density at radius 1 is 0.833 bits per heavy atom. The van der Waals surface area contributed by atoms with E-state index in [0.29, 0.717) is 35.1 Å². The molecule has 3 N–H and O–H groups in total. The van der Waals surface area contributed by atoms with Crippen LogP contribution in [0.2, 0.25) is 0 Å².